The number of nitrogens with zero attached hydrogens (tertiary/aromatic N) is 2. The topological polar surface area (TPSA) is 74.2 Å². The van der Waals surface area contributed by atoms with Crippen molar-refractivity contribution in [2.75, 3.05) is 7.11 Å². The van der Waals surface area contributed by atoms with E-state index in [0.29, 0.717) is 28.1 Å². The number of aromatic nitrogens is 2. The Labute approximate surface area is 116 Å². The van der Waals surface area contributed by atoms with E-state index in [2.05, 4.69) is 24.0 Å². The molecule has 1 aromatic heterocycles. The molecule has 0 aliphatic rings. The van der Waals surface area contributed by atoms with Crippen molar-refractivity contribution >= 4 is 11.6 Å². The highest BCUT2D eigenvalue weighted by Gasteiger charge is 2.19. The zero-order valence-electron chi connectivity index (χ0n) is 11.1. The summed E-state index contributed by atoms with van der Waals surface area (Å²) in [6.45, 7) is 4.34. The molecular formula is C13H16ClN3O2. The fraction of sp³-hybridized carbons (Fsp3) is 0.385. The van der Waals surface area contributed by atoms with Gasteiger partial charge in [-0.3, -0.25) is 0 Å². The summed E-state index contributed by atoms with van der Waals surface area (Å²) in [5, 5.41) is 4.51. The van der Waals surface area contributed by atoms with Crippen LogP contribution in [0.1, 0.15) is 31.2 Å². The van der Waals surface area contributed by atoms with Crippen LogP contribution in [0.25, 0.3) is 11.4 Å². The van der Waals surface area contributed by atoms with E-state index in [9.17, 15) is 0 Å². The zero-order chi connectivity index (χ0) is 14.0. The molecule has 102 valence electrons. The first-order chi connectivity index (χ1) is 9.06. The van der Waals surface area contributed by atoms with E-state index < -0.39 is 0 Å². The molecule has 2 rings (SSSR count). The maximum atomic E-state index is 6.15. The van der Waals surface area contributed by atoms with Gasteiger partial charge in [-0.2, -0.15) is 4.98 Å². The van der Waals surface area contributed by atoms with Gasteiger partial charge in [0.25, 0.3) is 0 Å². The Morgan fingerprint density at radius 1 is 1.42 bits per heavy atom. The Hall–Kier alpha value is -1.59. The summed E-state index contributed by atoms with van der Waals surface area (Å²) < 4.78 is 10.5. The van der Waals surface area contributed by atoms with Gasteiger partial charge in [0.05, 0.1) is 19.2 Å². The normalized spacial score (nSPS) is 11.1. The molecule has 0 radical (unpaired) electrons. The standard InChI is InChI=1S/C13H16ClN3O2/c1-7(2)9-4-8(14)5-10(12(9)18-3)13-16-11(6-15)19-17-13/h4-5,7H,6,15H2,1-3H3. The zero-order valence-corrected chi connectivity index (χ0v) is 11.9. The van der Waals surface area contributed by atoms with Crippen molar-refractivity contribution in [3.8, 4) is 17.1 Å². The fourth-order valence-corrected chi connectivity index (χ4v) is 2.11. The van der Waals surface area contributed by atoms with Gasteiger partial charge in [-0.15, -0.1) is 0 Å². The molecule has 2 N–H and O–H groups in total. The van der Waals surface area contributed by atoms with Gasteiger partial charge in [0, 0.05) is 5.02 Å². The van der Waals surface area contributed by atoms with Crippen LogP contribution in [-0.4, -0.2) is 17.3 Å². The number of halogens is 1. The first-order valence-corrected chi connectivity index (χ1v) is 6.35. The van der Waals surface area contributed by atoms with Gasteiger partial charge in [-0.25, -0.2) is 0 Å². The summed E-state index contributed by atoms with van der Waals surface area (Å²) in [5.74, 6) is 1.79. The van der Waals surface area contributed by atoms with E-state index in [1.165, 1.54) is 0 Å². The molecule has 0 unspecified atom stereocenters. The number of benzene rings is 1. The van der Waals surface area contributed by atoms with Crippen molar-refractivity contribution in [3.05, 3.63) is 28.6 Å². The molecule has 6 heteroatoms. The predicted molar refractivity (Wildman–Crippen MR) is 73.3 cm³/mol. The number of rotatable bonds is 4. The molecule has 2 aromatic rings. The van der Waals surface area contributed by atoms with E-state index in [0.717, 1.165) is 5.56 Å². The molecule has 0 fully saturated rings. The van der Waals surface area contributed by atoms with Gasteiger partial charge in [0.15, 0.2) is 0 Å². The number of hydrogen-bond donors (Lipinski definition) is 1. The largest absolute Gasteiger partial charge is 0.496 e. The second-order valence-electron chi connectivity index (χ2n) is 4.45. The van der Waals surface area contributed by atoms with E-state index in [4.69, 9.17) is 26.6 Å². The van der Waals surface area contributed by atoms with E-state index in [1.807, 2.05) is 6.07 Å². The van der Waals surface area contributed by atoms with Crippen LogP contribution in [0.3, 0.4) is 0 Å². The maximum absolute atomic E-state index is 6.15. The van der Waals surface area contributed by atoms with Crippen molar-refractivity contribution in [2.45, 2.75) is 26.3 Å². The summed E-state index contributed by atoms with van der Waals surface area (Å²) in [6.07, 6.45) is 0. The lowest BCUT2D eigenvalue weighted by atomic mass is 9.98. The van der Waals surface area contributed by atoms with Crippen LogP contribution in [0.15, 0.2) is 16.7 Å². The van der Waals surface area contributed by atoms with Crippen molar-refractivity contribution in [3.63, 3.8) is 0 Å². The van der Waals surface area contributed by atoms with Crippen LogP contribution in [0.5, 0.6) is 5.75 Å². The Morgan fingerprint density at radius 3 is 2.68 bits per heavy atom. The molecule has 1 aromatic carbocycles. The molecule has 19 heavy (non-hydrogen) atoms. The highest BCUT2D eigenvalue weighted by atomic mass is 35.5. The van der Waals surface area contributed by atoms with E-state index in [1.54, 1.807) is 13.2 Å². The molecule has 0 saturated carbocycles. The van der Waals surface area contributed by atoms with Gasteiger partial charge in [0.1, 0.15) is 5.75 Å². The third-order valence-electron chi connectivity index (χ3n) is 2.79. The number of methoxy groups -OCH3 is 1. The highest BCUT2D eigenvalue weighted by Crippen LogP contribution is 2.38. The minimum atomic E-state index is 0.201. The summed E-state index contributed by atoms with van der Waals surface area (Å²) in [5.41, 5.74) is 7.18. The fourth-order valence-electron chi connectivity index (χ4n) is 1.88. The quantitative estimate of drug-likeness (QED) is 0.932. The van der Waals surface area contributed by atoms with Crippen LogP contribution in [0, 0.1) is 0 Å². The summed E-state index contributed by atoms with van der Waals surface area (Å²) in [6, 6.07) is 3.65. The lowest BCUT2D eigenvalue weighted by Gasteiger charge is -2.15. The lowest BCUT2D eigenvalue weighted by molar-refractivity contribution is 0.379. The Bertz CT molecular complexity index is 581. The second kappa shape index (κ2) is 5.59. The average Bonchev–Trinajstić information content (AvgIpc) is 2.86. The van der Waals surface area contributed by atoms with Crippen LogP contribution >= 0.6 is 11.6 Å². The van der Waals surface area contributed by atoms with Crippen LogP contribution in [0.4, 0.5) is 0 Å². The molecule has 0 amide bonds. The molecule has 0 bridgehead atoms. The number of ether oxygens (including phenoxy) is 1. The van der Waals surface area contributed by atoms with Gasteiger partial charge in [-0.05, 0) is 23.6 Å². The Kier molecular flexibility index (Phi) is 4.07. The maximum Gasteiger partial charge on any atom is 0.240 e. The van der Waals surface area contributed by atoms with Crippen molar-refractivity contribution in [2.24, 2.45) is 5.73 Å². The van der Waals surface area contributed by atoms with Crippen molar-refractivity contribution in [1.29, 1.82) is 0 Å². The van der Waals surface area contributed by atoms with Crippen molar-refractivity contribution in [1.82, 2.24) is 10.1 Å². The monoisotopic (exact) mass is 281 g/mol. The molecule has 1 heterocycles. The second-order valence-corrected chi connectivity index (χ2v) is 4.88. The summed E-state index contributed by atoms with van der Waals surface area (Å²) >= 11 is 6.15. The smallest absolute Gasteiger partial charge is 0.240 e. The first-order valence-electron chi connectivity index (χ1n) is 5.97. The average molecular weight is 282 g/mol. The third kappa shape index (κ3) is 2.72. The molecule has 0 atom stereocenters. The third-order valence-corrected chi connectivity index (χ3v) is 3.01. The van der Waals surface area contributed by atoms with Gasteiger partial charge in [-0.1, -0.05) is 30.6 Å². The van der Waals surface area contributed by atoms with Gasteiger partial charge < -0.3 is 15.0 Å². The molecular weight excluding hydrogens is 266 g/mol. The molecule has 0 spiro atoms. The van der Waals surface area contributed by atoms with Gasteiger partial charge >= 0.3 is 0 Å². The Balaban J connectivity index is 2.61. The number of nitrogens with two attached hydrogens (primary N) is 1. The minimum Gasteiger partial charge on any atom is -0.496 e. The van der Waals surface area contributed by atoms with E-state index in [-0.39, 0.29) is 12.5 Å². The van der Waals surface area contributed by atoms with Gasteiger partial charge in [0.2, 0.25) is 11.7 Å². The van der Waals surface area contributed by atoms with Crippen molar-refractivity contribution < 1.29 is 9.26 Å². The van der Waals surface area contributed by atoms with Crippen LogP contribution in [0.2, 0.25) is 5.02 Å². The minimum absolute atomic E-state index is 0.201. The molecule has 0 aliphatic heterocycles. The molecule has 5 nitrogen and oxygen atoms in total. The summed E-state index contributed by atoms with van der Waals surface area (Å²) in [4.78, 5) is 4.21. The Morgan fingerprint density at radius 2 is 2.16 bits per heavy atom. The summed E-state index contributed by atoms with van der Waals surface area (Å²) in [7, 11) is 1.61. The van der Waals surface area contributed by atoms with E-state index >= 15 is 0 Å². The molecule has 0 aliphatic carbocycles. The highest BCUT2D eigenvalue weighted by molar-refractivity contribution is 6.31. The molecule has 0 saturated heterocycles. The SMILES string of the molecule is COc1c(-c2noc(CN)n2)cc(Cl)cc1C(C)C. The van der Waals surface area contributed by atoms with Crippen LogP contribution < -0.4 is 10.5 Å². The number of hydrogen-bond acceptors (Lipinski definition) is 5. The van der Waals surface area contributed by atoms with Crippen LogP contribution in [-0.2, 0) is 6.54 Å². The lowest BCUT2D eigenvalue weighted by Crippen LogP contribution is -1.99. The first kappa shape index (κ1) is 13.8. The predicted octanol–water partition coefficient (Wildman–Crippen LogP) is 2.98.